The number of para-hydroxylation sites is 2. The molecule has 0 radical (unpaired) electrons. The lowest BCUT2D eigenvalue weighted by atomic mass is 10.1. The van der Waals surface area contributed by atoms with Crippen LogP contribution in [0.4, 0.5) is 0 Å². The number of fused-ring (bicyclic) bond motifs is 1. The van der Waals surface area contributed by atoms with Gasteiger partial charge in [0.15, 0.2) is 0 Å². The summed E-state index contributed by atoms with van der Waals surface area (Å²) < 4.78 is 7.00. The molecule has 6 nitrogen and oxygen atoms in total. The summed E-state index contributed by atoms with van der Waals surface area (Å²) in [6.45, 7) is 2.88. The maximum atomic E-state index is 12.1. The standard InChI is InChI=1S/C23H27N3O3/c1-2-29-23(28)17-26-20-12-7-6-11-19(20)25-21(26)13-8-16-24-22(27)15-14-18-9-4-3-5-10-18/h3-7,9-12H,2,8,13-17H2,1H3,(H,24,27). The molecular weight excluding hydrogens is 366 g/mol. The highest BCUT2D eigenvalue weighted by Gasteiger charge is 2.14. The van der Waals surface area contributed by atoms with Crippen LogP contribution >= 0.6 is 0 Å². The van der Waals surface area contributed by atoms with Gasteiger partial charge in [0.05, 0.1) is 17.6 Å². The van der Waals surface area contributed by atoms with E-state index >= 15 is 0 Å². The summed E-state index contributed by atoms with van der Waals surface area (Å²) in [5.74, 6) is 0.609. The van der Waals surface area contributed by atoms with Crippen LogP contribution in [0.15, 0.2) is 54.6 Å². The van der Waals surface area contributed by atoms with Gasteiger partial charge in [0, 0.05) is 19.4 Å². The zero-order chi connectivity index (χ0) is 20.5. The molecule has 0 fully saturated rings. The molecule has 0 atom stereocenters. The Balaban J connectivity index is 1.52. The third-order valence-electron chi connectivity index (χ3n) is 4.71. The second-order valence-electron chi connectivity index (χ2n) is 6.85. The molecule has 0 aliphatic carbocycles. The number of carbonyl (C=O) groups is 2. The highest BCUT2D eigenvalue weighted by atomic mass is 16.5. The number of amides is 1. The number of imidazole rings is 1. The Labute approximate surface area is 170 Å². The minimum absolute atomic E-state index is 0.0499. The molecule has 152 valence electrons. The van der Waals surface area contributed by atoms with Crippen molar-refractivity contribution in [3.63, 3.8) is 0 Å². The lowest BCUT2D eigenvalue weighted by Crippen LogP contribution is -2.25. The zero-order valence-corrected chi connectivity index (χ0v) is 16.8. The molecule has 0 spiro atoms. The van der Waals surface area contributed by atoms with E-state index in [0.29, 0.717) is 26.0 Å². The molecule has 1 N–H and O–H groups in total. The molecule has 1 aromatic heterocycles. The Kier molecular flexibility index (Phi) is 7.39. The van der Waals surface area contributed by atoms with E-state index in [0.717, 1.165) is 35.3 Å². The first-order valence-electron chi connectivity index (χ1n) is 10.1. The van der Waals surface area contributed by atoms with Gasteiger partial charge in [0.2, 0.25) is 5.91 Å². The molecule has 29 heavy (non-hydrogen) atoms. The average molecular weight is 393 g/mol. The summed E-state index contributed by atoms with van der Waals surface area (Å²) in [5.41, 5.74) is 2.94. The summed E-state index contributed by atoms with van der Waals surface area (Å²) in [6.07, 6.45) is 2.64. The van der Waals surface area contributed by atoms with E-state index < -0.39 is 0 Å². The number of hydrogen-bond acceptors (Lipinski definition) is 4. The van der Waals surface area contributed by atoms with Crippen LogP contribution in [0, 0.1) is 0 Å². The van der Waals surface area contributed by atoms with Gasteiger partial charge in [-0.15, -0.1) is 0 Å². The third-order valence-corrected chi connectivity index (χ3v) is 4.71. The first kappa shape index (κ1) is 20.6. The topological polar surface area (TPSA) is 73.2 Å². The molecule has 0 saturated heterocycles. The van der Waals surface area contributed by atoms with Crippen molar-refractivity contribution in [2.24, 2.45) is 0 Å². The molecule has 6 heteroatoms. The van der Waals surface area contributed by atoms with Crippen molar-refractivity contribution >= 4 is 22.9 Å². The van der Waals surface area contributed by atoms with Crippen LogP contribution in [-0.4, -0.2) is 34.6 Å². The smallest absolute Gasteiger partial charge is 0.326 e. The van der Waals surface area contributed by atoms with Gasteiger partial charge in [-0.05, 0) is 37.5 Å². The van der Waals surface area contributed by atoms with Crippen LogP contribution in [0.3, 0.4) is 0 Å². The predicted molar refractivity (Wildman–Crippen MR) is 112 cm³/mol. The summed E-state index contributed by atoms with van der Waals surface area (Å²) in [4.78, 5) is 28.7. The van der Waals surface area contributed by atoms with Gasteiger partial charge in [0.25, 0.3) is 0 Å². The van der Waals surface area contributed by atoms with Crippen molar-refractivity contribution in [2.75, 3.05) is 13.2 Å². The first-order valence-corrected chi connectivity index (χ1v) is 10.1. The molecule has 0 aliphatic heterocycles. The zero-order valence-electron chi connectivity index (χ0n) is 16.8. The largest absolute Gasteiger partial charge is 0.465 e. The van der Waals surface area contributed by atoms with Gasteiger partial charge < -0.3 is 14.6 Å². The molecule has 0 unspecified atom stereocenters. The Morgan fingerprint density at radius 1 is 1.03 bits per heavy atom. The fourth-order valence-electron chi connectivity index (χ4n) is 3.29. The van der Waals surface area contributed by atoms with Crippen molar-refractivity contribution in [1.29, 1.82) is 0 Å². The highest BCUT2D eigenvalue weighted by Crippen LogP contribution is 2.17. The van der Waals surface area contributed by atoms with Crippen LogP contribution in [0.2, 0.25) is 0 Å². The second-order valence-corrected chi connectivity index (χ2v) is 6.85. The molecule has 0 bridgehead atoms. The van der Waals surface area contributed by atoms with Crippen molar-refractivity contribution in [2.45, 2.75) is 39.2 Å². The molecule has 2 aromatic carbocycles. The summed E-state index contributed by atoms with van der Waals surface area (Å²) in [7, 11) is 0. The average Bonchev–Trinajstić information content (AvgIpc) is 3.08. The van der Waals surface area contributed by atoms with Gasteiger partial charge in [-0.25, -0.2) is 4.98 Å². The number of aryl methyl sites for hydroxylation is 2. The van der Waals surface area contributed by atoms with E-state index in [1.165, 1.54) is 0 Å². The van der Waals surface area contributed by atoms with Gasteiger partial charge >= 0.3 is 5.97 Å². The van der Waals surface area contributed by atoms with E-state index in [4.69, 9.17) is 4.74 Å². The molecule has 3 aromatic rings. The monoisotopic (exact) mass is 393 g/mol. The number of hydrogen-bond donors (Lipinski definition) is 1. The maximum Gasteiger partial charge on any atom is 0.326 e. The van der Waals surface area contributed by atoms with Crippen LogP contribution in [0.1, 0.15) is 31.2 Å². The first-order chi connectivity index (χ1) is 14.2. The molecule has 1 amide bonds. The SMILES string of the molecule is CCOC(=O)Cn1c(CCCNC(=O)CCc2ccccc2)nc2ccccc21. The van der Waals surface area contributed by atoms with E-state index in [1.54, 1.807) is 6.92 Å². The Hall–Kier alpha value is -3.15. The van der Waals surface area contributed by atoms with Crippen molar-refractivity contribution < 1.29 is 14.3 Å². The number of benzene rings is 2. The van der Waals surface area contributed by atoms with Crippen LogP contribution in [-0.2, 0) is 33.7 Å². The van der Waals surface area contributed by atoms with E-state index in [9.17, 15) is 9.59 Å². The van der Waals surface area contributed by atoms with Gasteiger partial charge in [0.1, 0.15) is 12.4 Å². The second kappa shape index (κ2) is 10.4. The molecule has 1 heterocycles. The van der Waals surface area contributed by atoms with E-state index in [-0.39, 0.29) is 18.4 Å². The van der Waals surface area contributed by atoms with Gasteiger partial charge in [-0.3, -0.25) is 9.59 Å². The Bertz CT molecular complexity index is 950. The van der Waals surface area contributed by atoms with Gasteiger partial charge in [-0.1, -0.05) is 42.5 Å². The molecule has 0 saturated carbocycles. The normalized spacial score (nSPS) is 10.8. The summed E-state index contributed by atoms with van der Waals surface area (Å²) >= 11 is 0. The number of carbonyl (C=O) groups excluding carboxylic acids is 2. The minimum Gasteiger partial charge on any atom is -0.465 e. The fourth-order valence-corrected chi connectivity index (χ4v) is 3.29. The Morgan fingerprint density at radius 3 is 2.59 bits per heavy atom. The minimum atomic E-state index is -0.272. The number of rotatable bonds is 10. The molecular formula is C23H27N3O3. The Morgan fingerprint density at radius 2 is 1.79 bits per heavy atom. The van der Waals surface area contributed by atoms with Crippen LogP contribution < -0.4 is 5.32 Å². The number of esters is 1. The van der Waals surface area contributed by atoms with Crippen molar-refractivity contribution in [3.8, 4) is 0 Å². The maximum absolute atomic E-state index is 12.1. The van der Waals surface area contributed by atoms with Gasteiger partial charge in [-0.2, -0.15) is 0 Å². The fraction of sp³-hybridized carbons (Fsp3) is 0.348. The lowest BCUT2D eigenvalue weighted by molar-refractivity contribution is -0.143. The lowest BCUT2D eigenvalue weighted by Gasteiger charge is -2.09. The van der Waals surface area contributed by atoms with Crippen molar-refractivity contribution in [3.05, 3.63) is 66.0 Å². The highest BCUT2D eigenvalue weighted by molar-refractivity contribution is 5.79. The van der Waals surface area contributed by atoms with Crippen molar-refractivity contribution in [1.82, 2.24) is 14.9 Å². The molecule has 3 rings (SSSR count). The van der Waals surface area contributed by atoms with Crippen LogP contribution in [0.25, 0.3) is 11.0 Å². The number of aromatic nitrogens is 2. The third kappa shape index (κ3) is 5.91. The summed E-state index contributed by atoms with van der Waals surface area (Å²) in [6, 6.07) is 17.7. The number of ether oxygens (including phenoxy) is 1. The quantitative estimate of drug-likeness (QED) is 0.424. The van der Waals surface area contributed by atoms with E-state index in [1.807, 2.05) is 59.2 Å². The number of nitrogens with zero attached hydrogens (tertiary/aromatic N) is 2. The number of nitrogens with one attached hydrogen (secondary N) is 1. The van der Waals surface area contributed by atoms with E-state index in [2.05, 4.69) is 10.3 Å². The molecule has 0 aliphatic rings. The predicted octanol–water partition coefficient (Wildman–Crippen LogP) is 3.28. The summed E-state index contributed by atoms with van der Waals surface area (Å²) in [5, 5.41) is 2.97. The van der Waals surface area contributed by atoms with Crippen LogP contribution in [0.5, 0.6) is 0 Å².